The van der Waals surface area contributed by atoms with E-state index in [1.165, 1.54) is 40.9 Å². The number of nitrogens with zero attached hydrogens (tertiary/aromatic N) is 2. The molecule has 0 bridgehead atoms. The van der Waals surface area contributed by atoms with Crippen LogP contribution in [0.1, 0.15) is 13.3 Å². The number of amides is 1. The van der Waals surface area contributed by atoms with Crippen molar-refractivity contribution < 1.29 is 13.2 Å². The minimum absolute atomic E-state index is 0.0328. The average molecular weight is 395 g/mol. The molecule has 2 aromatic rings. The fourth-order valence-electron chi connectivity index (χ4n) is 2.37. The van der Waals surface area contributed by atoms with Crippen LogP contribution in [0.2, 0.25) is 5.02 Å². The molecular weight excluding hydrogens is 380 g/mol. The second-order valence-corrected chi connectivity index (χ2v) is 8.54. The van der Waals surface area contributed by atoms with Gasteiger partial charge in [-0.1, -0.05) is 48.5 Å². The summed E-state index contributed by atoms with van der Waals surface area (Å²) < 4.78 is 29.1. The zero-order valence-electron chi connectivity index (χ0n) is 13.3. The molecule has 0 N–H and O–H groups in total. The first-order valence-corrected chi connectivity index (χ1v) is 10.3. The number of anilines is 1. The summed E-state index contributed by atoms with van der Waals surface area (Å²) in [5.74, 6) is -0.163. The van der Waals surface area contributed by atoms with E-state index in [2.05, 4.69) is 4.40 Å². The molecule has 1 fully saturated rings. The number of amidine groups is 1. The fourth-order valence-corrected chi connectivity index (χ4v) is 4.76. The fraction of sp³-hybridized carbons (Fsp3) is 0.176. The molecule has 0 aromatic heterocycles. The molecule has 2 aromatic carbocycles. The molecule has 0 spiro atoms. The van der Waals surface area contributed by atoms with E-state index in [1.807, 2.05) is 13.0 Å². The lowest BCUT2D eigenvalue weighted by atomic mass is 10.2. The Kier molecular flexibility index (Phi) is 5.17. The lowest BCUT2D eigenvalue weighted by molar-refractivity contribution is -0.116. The number of rotatable bonds is 4. The summed E-state index contributed by atoms with van der Waals surface area (Å²) in [6.07, 6.45) is 0.590. The second-order valence-electron chi connectivity index (χ2n) is 5.33. The second kappa shape index (κ2) is 7.19. The molecular formula is C17H15ClN2O3S2. The van der Waals surface area contributed by atoms with Crippen LogP contribution in [0.4, 0.5) is 5.69 Å². The highest BCUT2D eigenvalue weighted by Crippen LogP contribution is 2.34. The van der Waals surface area contributed by atoms with E-state index in [4.69, 9.17) is 11.6 Å². The van der Waals surface area contributed by atoms with Crippen molar-refractivity contribution in [2.75, 3.05) is 4.90 Å². The van der Waals surface area contributed by atoms with Gasteiger partial charge in [-0.05, 0) is 42.8 Å². The summed E-state index contributed by atoms with van der Waals surface area (Å²) in [6.45, 7) is 1.88. The third-order valence-corrected chi connectivity index (χ3v) is 6.58. The number of sulfonamides is 1. The van der Waals surface area contributed by atoms with Crippen LogP contribution in [0.25, 0.3) is 0 Å². The average Bonchev–Trinajstić information content (AvgIpc) is 2.90. The van der Waals surface area contributed by atoms with E-state index in [9.17, 15) is 13.2 Å². The zero-order chi connectivity index (χ0) is 18.0. The molecule has 1 heterocycles. The molecule has 0 radical (unpaired) electrons. The number of carbonyl (C=O) groups excluding carboxylic acids is 1. The molecule has 130 valence electrons. The van der Waals surface area contributed by atoms with E-state index in [0.717, 1.165) is 0 Å². The quantitative estimate of drug-likeness (QED) is 0.787. The van der Waals surface area contributed by atoms with E-state index in [1.54, 1.807) is 24.3 Å². The van der Waals surface area contributed by atoms with Crippen molar-refractivity contribution in [1.82, 2.24) is 0 Å². The Morgan fingerprint density at radius 1 is 1.12 bits per heavy atom. The van der Waals surface area contributed by atoms with E-state index < -0.39 is 10.0 Å². The van der Waals surface area contributed by atoms with Crippen LogP contribution in [0.15, 0.2) is 63.9 Å². The molecule has 1 unspecified atom stereocenters. The molecule has 1 aliphatic rings. The van der Waals surface area contributed by atoms with Crippen LogP contribution >= 0.6 is 23.4 Å². The Bertz CT molecular complexity index is 913. The van der Waals surface area contributed by atoms with Gasteiger partial charge in [0.1, 0.15) is 0 Å². The molecule has 1 saturated heterocycles. The molecule has 1 atom stereocenters. The summed E-state index contributed by atoms with van der Waals surface area (Å²) in [4.78, 5) is 14.0. The number of carbonyl (C=O) groups is 1. The normalized spacial score (nSPS) is 19.6. The summed E-state index contributed by atoms with van der Waals surface area (Å²) >= 11 is 6.97. The molecule has 5 nitrogen and oxygen atoms in total. The standard InChI is InChI=1S/C17H15ClN2O3S2/c1-2-15-16(21)20(13-6-4-3-5-7-13)17(24-15)19-25(22,23)14-10-8-12(18)9-11-14/h3-11,15H,2H2,1H3. The van der Waals surface area contributed by atoms with E-state index >= 15 is 0 Å². The molecule has 1 aliphatic heterocycles. The highest BCUT2D eigenvalue weighted by molar-refractivity contribution is 8.16. The van der Waals surface area contributed by atoms with Gasteiger partial charge in [0.15, 0.2) is 5.17 Å². The van der Waals surface area contributed by atoms with Crippen molar-refractivity contribution in [3.63, 3.8) is 0 Å². The predicted molar refractivity (Wildman–Crippen MR) is 102 cm³/mol. The van der Waals surface area contributed by atoms with Crippen molar-refractivity contribution in [2.24, 2.45) is 4.40 Å². The number of thioether (sulfide) groups is 1. The monoisotopic (exact) mass is 394 g/mol. The van der Waals surface area contributed by atoms with Gasteiger partial charge in [-0.15, -0.1) is 4.40 Å². The van der Waals surface area contributed by atoms with Crippen LogP contribution < -0.4 is 4.90 Å². The third-order valence-electron chi connectivity index (χ3n) is 3.63. The van der Waals surface area contributed by atoms with Crippen LogP contribution in [0.5, 0.6) is 0 Å². The zero-order valence-corrected chi connectivity index (χ0v) is 15.7. The minimum Gasteiger partial charge on any atom is -0.273 e. The number of halogens is 1. The van der Waals surface area contributed by atoms with Gasteiger partial charge in [-0.3, -0.25) is 9.69 Å². The first-order chi connectivity index (χ1) is 11.9. The van der Waals surface area contributed by atoms with Gasteiger partial charge >= 0.3 is 0 Å². The highest BCUT2D eigenvalue weighted by Gasteiger charge is 2.39. The lowest BCUT2D eigenvalue weighted by Crippen LogP contribution is -2.32. The van der Waals surface area contributed by atoms with Gasteiger partial charge in [0.05, 0.1) is 15.8 Å². The van der Waals surface area contributed by atoms with Crippen molar-refractivity contribution in [3.05, 3.63) is 59.6 Å². The third kappa shape index (κ3) is 3.73. The Hall–Kier alpha value is -1.83. The molecule has 8 heteroatoms. The van der Waals surface area contributed by atoms with Gasteiger partial charge in [0.25, 0.3) is 10.0 Å². The minimum atomic E-state index is -3.94. The maximum absolute atomic E-state index is 12.6. The summed E-state index contributed by atoms with van der Waals surface area (Å²) in [6, 6.07) is 14.7. The first-order valence-electron chi connectivity index (χ1n) is 7.58. The smallest absolute Gasteiger partial charge is 0.273 e. The Morgan fingerprint density at radius 3 is 2.36 bits per heavy atom. The summed E-state index contributed by atoms with van der Waals surface area (Å²) in [5.41, 5.74) is 0.598. The molecule has 0 saturated carbocycles. The number of hydrogen-bond donors (Lipinski definition) is 0. The molecule has 0 aliphatic carbocycles. The lowest BCUT2D eigenvalue weighted by Gasteiger charge is -2.16. The number of benzene rings is 2. The van der Waals surface area contributed by atoms with Gasteiger partial charge in [0.2, 0.25) is 5.91 Å². The maximum Gasteiger partial charge on any atom is 0.284 e. The SMILES string of the molecule is CCC1SC(=NS(=O)(=O)c2ccc(Cl)cc2)N(c2ccccc2)C1=O. The highest BCUT2D eigenvalue weighted by atomic mass is 35.5. The predicted octanol–water partition coefficient (Wildman–Crippen LogP) is 3.94. The molecule has 3 rings (SSSR count). The van der Waals surface area contributed by atoms with E-state index in [-0.39, 0.29) is 21.2 Å². The van der Waals surface area contributed by atoms with Gasteiger partial charge < -0.3 is 0 Å². The van der Waals surface area contributed by atoms with Gasteiger partial charge in [-0.2, -0.15) is 8.42 Å². The number of hydrogen-bond acceptors (Lipinski definition) is 4. The summed E-state index contributed by atoms with van der Waals surface area (Å²) in [7, 11) is -3.94. The molecule has 1 amide bonds. The van der Waals surface area contributed by atoms with Crippen LogP contribution in [-0.4, -0.2) is 24.7 Å². The maximum atomic E-state index is 12.6. The van der Waals surface area contributed by atoms with E-state index in [0.29, 0.717) is 17.1 Å². The van der Waals surface area contributed by atoms with Crippen molar-refractivity contribution >= 4 is 50.1 Å². The van der Waals surface area contributed by atoms with Crippen LogP contribution in [-0.2, 0) is 14.8 Å². The topological polar surface area (TPSA) is 66.8 Å². The Labute approximate surface area is 155 Å². The number of para-hydroxylation sites is 1. The van der Waals surface area contributed by atoms with Crippen molar-refractivity contribution in [2.45, 2.75) is 23.5 Å². The Morgan fingerprint density at radius 2 is 1.76 bits per heavy atom. The van der Waals surface area contributed by atoms with Gasteiger partial charge in [-0.25, -0.2) is 0 Å². The molecule has 25 heavy (non-hydrogen) atoms. The Balaban J connectivity index is 2.04. The van der Waals surface area contributed by atoms with Crippen LogP contribution in [0, 0.1) is 0 Å². The largest absolute Gasteiger partial charge is 0.284 e. The van der Waals surface area contributed by atoms with Crippen LogP contribution in [0.3, 0.4) is 0 Å². The van der Waals surface area contributed by atoms with Crippen molar-refractivity contribution in [1.29, 1.82) is 0 Å². The van der Waals surface area contributed by atoms with Gasteiger partial charge in [0, 0.05) is 5.02 Å². The summed E-state index contributed by atoms with van der Waals surface area (Å²) in [5, 5.41) is 0.256. The van der Waals surface area contributed by atoms with Crippen molar-refractivity contribution in [3.8, 4) is 0 Å². The first kappa shape index (κ1) is 18.0.